The predicted molar refractivity (Wildman–Crippen MR) is 69.2 cm³/mol. The Hall–Kier alpha value is -1.22. The second kappa shape index (κ2) is 7.12. The van der Waals surface area contributed by atoms with Crippen LogP contribution in [0.25, 0.3) is 0 Å². The van der Waals surface area contributed by atoms with Crippen LogP contribution in [0.1, 0.15) is 20.8 Å². The molecule has 90 valence electrons. The second-order valence-corrected chi connectivity index (χ2v) is 3.76. The standard InChI is InChI=1S/C9H11NO.C4H11N/c1-7-6-10-8-4-2-3-5-9(8)11-7;1-3-5-4-2/h2-5,7,10H,6H2,1H3;5H,3-4H2,1-2H3. The van der Waals surface area contributed by atoms with Gasteiger partial charge in [0.25, 0.3) is 0 Å². The maximum Gasteiger partial charge on any atom is 0.142 e. The Kier molecular flexibility index (Phi) is 5.72. The van der Waals surface area contributed by atoms with Gasteiger partial charge in [0.05, 0.1) is 12.2 Å². The number of benzene rings is 1. The van der Waals surface area contributed by atoms with Gasteiger partial charge < -0.3 is 15.4 Å². The lowest BCUT2D eigenvalue weighted by Crippen LogP contribution is -2.27. The van der Waals surface area contributed by atoms with Crippen molar-refractivity contribution in [2.24, 2.45) is 0 Å². The molecule has 3 nitrogen and oxygen atoms in total. The van der Waals surface area contributed by atoms with Crippen LogP contribution in [-0.2, 0) is 0 Å². The van der Waals surface area contributed by atoms with Crippen molar-refractivity contribution in [3.05, 3.63) is 24.3 Å². The fourth-order valence-electron chi connectivity index (χ4n) is 1.48. The first kappa shape index (κ1) is 12.8. The molecule has 0 saturated heterocycles. The van der Waals surface area contributed by atoms with Crippen molar-refractivity contribution >= 4 is 5.69 Å². The molecule has 0 bridgehead atoms. The van der Waals surface area contributed by atoms with E-state index in [0.717, 1.165) is 31.1 Å². The van der Waals surface area contributed by atoms with Crippen molar-refractivity contribution in [1.29, 1.82) is 0 Å². The van der Waals surface area contributed by atoms with E-state index in [2.05, 4.69) is 31.4 Å². The molecule has 0 aromatic heterocycles. The summed E-state index contributed by atoms with van der Waals surface area (Å²) in [5.74, 6) is 0.964. The molecule has 1 aliphatic rings. The second-order valence-electron chi connectivity index (χ2n) is 3.76. The van der Waals surface area contributed by atoms with Gasteiger partial charge in [0, 0.05) is 0 Å². The molecule has 1 aromatic carbocycles. The molecule has 0 fully saturated rings. The molecule has 1 atom stereocenters. The molecule has 0 aliphatic carbocycles. The van der Waals surface area contributed by atoms with E-state index in [4.69, 9.17) is 4.74 Å². The third-order valence-electron chi connectivity index (χ3n) is 2.30. The highest BCUT2D eigenvalue weighted by atomic mass is 16.5. The minimum Gasteiger partial charge on any atom is -0.487 e. The molecule has 2 rings (SSSR count). The third kappa shape index (κ3) is 4.11. The number of ether oxygens (including phenoxy) is 1. The van der Waals surface area contributed by atoms with Crippen LogP contribution >= 0.6 is 0 Å². The molecule has 1 unspecified atom stereocenters. The number of nitrogens with one attached hydrogen (secondary N) is 2. The number of anilines is 1. The van der Waals surface area contributed by atoms with Gasteiger partial charge >= 0.3 is 0 Å². The van der Waals surface area contributed by atoms with Crippen LogP contribution in [0, 0.1) is 0 Å². The zero-order chi connectivity index (χ0) is 11.8. The monoisotopic (exact) mass is 222 g/mol. The highest BCUT2D eigenvalue weighted by Gasteiger charge is 2.13. The van der Waals surface area contributed by atoms with Crippen molar-refractivity contribution in [3.8, 4) is 5.75 Å². The molecule has 3 heteroatoms. The zero-order valence-electron chi connectivity index (χ0n) is 10.4. The van der Waals surface area contributed by atoms with E-state index in [9.17, 15) is 0 Å². The maximum absolute atomic E-state index is 5.57. The molecule has 0 amide bonds. The summed E-state index contributed by atoms with van der Waals surface area (Å²) in [4.78, 5) is 0. The number of para-hydroxylation sites is 2. The van der Waals surface area contributed by atoms with Crippen LogP contribution < -0.4 is 15.4 Å². The van der Waals surface area contributed by atoms with Crippen LogP contribution in [-0.4, -0.2) is 25.7 Å². The van der Waals surface area contributed by atoms with E-state index in [1.165, 1.54) is 0 Å². The third-order valence-corrected chi connectivity index (χ3v) is 2.30. The van der Waals surface area contributed by atoms with Crippen molar-refractivity contribution in [1.82, 2.24) is 5.32 Å². The number of hydrogen-bond donors (Lipinski definition) is 2. The van der Waals surface area contributed by atoms with Crippen LogP contribution in [0.15, 0.2) is 24.3 Å². The molecular formula is C13H22N2O. The molecule has 0 radical (unpaired) electrons. The zero-order valence-corrected chi connectivity index (χ0v) is 10.4. The summed E-state index contributed by atoms with van der Waals surface area (Å²) in [5, 5.41) is 6.40. The minimum atomic E-state index is 0.282. The lowest BCUT2D eigenvalue weighted by Gasteiger charge is -2.24. The smallest absolute Gasteiger partial charge is 0.142 e. The Labute approximate surface area is 98.2 Å². The largest absolute Gasteiger partial charge is 0.487 e. The number of fused-ring (bicyclic) bond motifs is 1. The molecule has 2 N–H and O–H groups in total. The molecule has 1 heterocycles. The Morgan fingerprint density at radius 1 is 1.31 bits per heavy atom. The van der Waals surface area contributed by atoms with E-state index in [-0.39, 0.29) is 6.10 Å². The summed E-state index contributed by atoms with van der Waals surface area (Å²) in [6.07, 6.45) is 0.282. The van der Waals surface area contributed by atoms with Crippen LogP contribution in [0.5, 0.6) is 5.75 Å². The van der Waals surface area contributed by atoms with Crippen LogP contribution in [0.3, 0.4) is 0 Å². The first-order valence-electron chi connectivity index (χ1n) is 5.98. The van der Waals surface area contributed by atoms with Gasteiger partial charge in [-0.25, -0.2) is 0 Å². The van der Waals surface area contributed by atoms with Crippen molar-refractivity contribution in [2.75, 3.05) is 25.0 Å². The van der Waals surface area contributed by atoms with Crippen molar-refractivity contribution in [2.45, 2.75) is 26.9 Å². The molecular weight excluding hydrogens is 200 g/mol. The van der Waals surface area contributed by atoms with Crippen LogP contribution in [0.4, 0.5) is 5.69 Å². The van der Waals surface area contributed by atoms with E-state index in [0.29, 0.717) is 0 Å². The number of hydrogen-bond acceptors (Lipinski definition) is 3. The molecule has 0 spiro atoms. The SMILES string of the molecule is CC1CNc2ccccc2O1.CCNCC. The maximum atomic E-state index is 5.57. The molecule has 16 heavy (non-hydrogen) atoms. The van der Waals surface area contributed by atoms with E-state index >= 15 is 0 Å². The van der Waals surface area contributed by atoms with Gasteiger partial charge in [0.1, 0.15) is 11.9 Å². The Bertz CT molecular complexity index is 300. The first-order chi connectivity index (χ1) is 7.77. The van der Waals surface area contributed by atoms with Gasteiger partial charge in [-0.05, 0) is 32.1 Å². The molecule has 1 aliphatic heterocycles. The van der Waals surface area contributed by atoms with Gasteiger partial charge in [0.2, 0.25) is 0 Å². The minimum absolute atomic E-state index is 0.282. The van der Waals surface area contributed by atoms with Crippen molar-refractivity contribution < 1.29 is 4.74 Å². The lowest BCUT2D eigenvalue weighted by atomic mass is 10.2. The summed E-state index contributed by atoms with van der Waals surface area (Å²) in [6, 6.07) is 8.00. The Balaban J connectivity index is 0.000000221. The quantitative estimate of drug-likeness (QED) is 0.806. The van der Waals surface area contributed by atoms with E-state index in [1.807, 2.05) is 24.3 Å². The summed E-state index contributed by atoms with van der Waals surface area (Å²) in [7, 11) is 0. The summed E-state index contributed by atoms with van der Waals surface area (Å²) in [6.45, 7) is 9.35. The summed E-state index contributed by atoms with van der Waals surface area (Å²) in [5.41, 5.74) is 1.10. The fourth-order valence-corrected chi connectivity index (χ4v) is 1.48. The van der Waals surface area contributed by atoms with Crippen molar-refractivity contribution in [3.63, 3.8) is 0 Å². The summed E-state index contributed by atoms with van der Waals surface area (Å²) >= 11 is 0. The Morgan fingerprint density at radius 2 is 2.00 bits per heavy atom. The van der Waals surface area contributed by atoms with Gasteiger partial charge in [-0.15, -0.1) is 0 Å². The van der Waals surface area contributed by atoms with Gasteiger partial charge in [-0.2, -0.15) is 0 Å². The summed E-state index contributed by atoms with van der Waals surface area (Å²) < 4.78 is 5.57. The molecule has 1 aromatic rings. The average molecular weight is 222 g/mol. The number of rotatable bonds is 2. The lowest BCUT2D eigenvalue weighted by molar-refractivity contribution is 0.226. The highest BCUT2D eigenvalue weighted by molar-refractivity contribution is 5.57. The van der Waals surface area contributed by atoms with E-state index in [1.54, 1.807) is 0 Å². The van der Waals surface area contributed by atoms with Crippen LogP contribution in [0.2, 0.25) is 0 Å². The van der Waals surface area contributed by atoms with Gasteiger partial charge in [-0.1, -0.05) is 26.0 Å². The average Bonchev–Trinajstić information content (AvgIpc) is 2.31. The van der Waals surface area contributed by atoms with Gasteiger partial charge in [0.15, 0.2) is 0 Å². The van der Waals surface area contributed by atoms with Gasteiger partial charge in [-0.3, -0.25) is 0 Å². The Morgan fingerprint density at radius 3 is 2.62 bits per heavy atom. The molecule has 0 saturated carbocycles. The first-order valence-corrected chi connectivity index (χ1v) is 5.98. The van der Waals surface area contributed by atoms with E-state index < -0.39 is 0 Å². The topological polar surface area (TPSA) is 33.3 Å². The normalized spacial score (nSPS) is 17.3. The highest BCUT2D eigenvalue weighted by Crippen LogP contribution is 2.27. The predicted octanol–water partition coefficient (Wildman–Crippen LogP) is 2.50. The fraction of sp³-hybridized carbons (Fsp3) is 0.538.